The molecule has 15 heteroatoms. The van der Waals surface area contributed by atoms with Gasteiger partial charge >= 0.3 is 29.9 Å². The van der Waals surface area contributed by atoms with Crippen molar-refractivity contribution in [3.05, 3.63) is 94.6 Å². The number of carbonyl (C=O) groups excluding carboxylic acids is 6. The van der Waals surface area contributed by atoms with E-state index in [0.29, 0.717) is 11.1 Å². The molecule has 2 aromatic carbocycles. The number of rotatable bonds is 9. The van der Waals surface area contributed by atoms with Crippen molar-refractivity contribution >= 4 is 35.7 Å². The number of ketones is 1. The Morgan fingerprint density at radius 3 is 2.12 bits per heavy atom. The maximum absolute atomic E-state index is 15.4. The lowest BCUT2D eigenvalue weighted by Crippen LogP contribution is -2.77. The van der Waals surface area contributed by atoms with Gasteiger partial charge in [-0.05, 0) is 63.0 Å². The van der Waals surface area contributed by atoms with Gasteiger partial charge in [0.2, 0.25) is 0 Å². The van der Waals surface area contributed by atoms with Crippen molar-refractivity contribution in [2.45, 2.75) is 122 Å². The molecule has 2 bridgehead atoms. The zero-order valence-electron chi connectivity index (χ0n) is 34.9. The van der Waals surface area contributed by atoms with Gasteiger partial charge < -0.3 is 44.5 Å². The summed E-state index contributed by atoms with van der Waals surface area (Å²) < 4.78 is 30.5. The Labute approximate surface area is 347 Å². The van der Waals surface area contributed by atoms with Gasteiger partial charge in [0.25, 0.3) is 0 Å². The molecule has 5 aliphatic rings. The standard InChI is InChI=1S/C45H52N2O13/c1-23-29(58-39(53)33(50)32(26-15-11-9-12-16-26)46-40(54)47-41(4,5)6)21-45(55)37(59-38(52)27-17-13-10-14-18-27)35-43(36(51)34(57-24(2)48)31(23)42(45,7)8)20-28(43)19-30-44(35,22-56-30)60-25(3)49/h9-19,29-30,32-35,37,50,55H,20-22H2,1-8H3,(H2,46,47,54)/t29-,30+,32-,33+,34+,35?,37-,43+,44-,45+/m0/s1. The summed E-state index contributed by atoms with van der Waals surface area (Å²) in [5.74, 6) is -5.43. The van der Waals surface area contributed by atoms with E-state index in [4.69, 9.17) is 23.7 Å². The average molecular weight is 829 g/mol. The number of hydrogen-bond acceptors (Lipinski definition) is 13. The molecule has 1 saturated heterocycles. The van der Waals surface area contributed by atoms with Gasteiger partial charge in [-0.15, -0.1) is 0 Å². The van der Waals surface area contributed by atoms with Gasteiger partial charge in [-0.25, -0.2) is 14.4 Å². The second kappa shape index (κ2) is 15.0. The molecule has 4 aliphatic carbocycles. The molecule has 4 N–H and O–H groups in total. The fraction of sp³-hybridized carbons (Fsp3) is 0.511. The quantitative estimate of drug-likeness (QED) is 0.160. The van der Waals surface area contributed by atoms with Crippen LogP contribution >= 0.6 is 0 Å². The summed E-state index contributed by atoms with van der Waals surface area (Å²) in [6, 6.07) is 14.4. The third kappa shape index (κ3) is 6.99. The minimum atomic E-state index is -2.26. The number of carbonyl (C=O) groups is 6. The van der Waals surface area contributed by atoms with Crippen LogP contribution in [-0.4, -0.2) is 99.8 Å². The van der Waals surface area contributed by atoms with Crippen LogP contribution in [0.25, 0.3) is 0 Å². The Kier molecular flexibility index (Phi) is 10.7. The SMILES string of the molecule is CC(=O)O[C@H]1C(=O)[C@]23CC2=C[C@H]2OC[C@@]2(OC(C)=O)C3[C@H](OC(=O)c2ccccc2)[C@]2(O)C[C@H](OC(=O)[C@H](O)[C@@H](NC(=O)NC(C)(C)C)c3ccccc3)C(C)=C1C2(C)C. The first-order valence-corrected chi connectivity index (χ1v) is 20.0. The largest absolute Gasteiger partial charge is 0.456 e. The van der Waals surface area contributed by atoms with E-state index in [1.54, 1.807) is 96.1 Å². The molecular weight excluding hydrogens is 776 g/mol. The average Bonchev–Trinajstić information content (AvgIpc) is 3.90. The van der Waals surface area contributed by atoms with Crippen LogP contribution in [0.5, 0.6) is 0 Å². The van der Waals surface area contributed by atoms with Gasteiger partial charge in [-0.3, -0.25) is 14.4 Å². The molecule has 1 aliphatic heterocycles. The smallest absolute Gasteiger partial charge is 0.338 e. The van der Waals surface area contributed by atoms with Crippen molar-refractivity contribution in [2.75, 3.05) is 6.61 Å². The van der Waals surface area contributed by atoms with Crippen LogP contribution in [0.1, 0.15) is 90.2 Å². The molecule has 3 fully saturated rings. The number of allylic oxidation sites excluding steroid dienone is 1. The lowest BCUT2D eigenvalue weighted by Gasteiger charge is -2.63. The number of benzene rings is 2. The molecule has 320 valence electrons. The highest BCUT2D eigenvalue weighted by atomic mass is 16.6. The fourth-order valence-corrected chi connectivity index (χ4v) is 9.94. The topological polar surface area (TPSA) is 213 Å². The lowest BCUT2D eigenvalue weighted by atomic mass is 9.49. The van der Waals surface area contributed by atoms with Gasteiger partial charge in [0.05, 0.1) is 29.5 Å². The summed E-state index contributed by atoms with van der Waals surface area (Å²) in [4.78, 5) is 82.9. The van der Waals surface area contributed by atoms with Crippen LogP contribution in [0.15, 0.2) is 83.5 Å². The second-order valence-corrected chi connectivity index (χ2v) is 18.1. The van der Waals surface area contributed by atoms with Crippen molar-refractivity contribution in [1.82, 2.24) is 10.6 Å². The van der Waals surface area contributed by atoms with Crippen LogP contribution in [0.3, 0.4) is 0 Å². The maximum Gasteiger partial charge on any atom is 0.338 e. The number of ether oxygens (including phenoxy) is 5. The summed E-state index contributed by atoms with van der Waals surface area (Å²) in [5.41, 5.74) is -6.19. The van der Waals surface area contributed by atoms with Crippen molar-refractivity contribution in [3.63, 3.8) is 0 Å². The van der Waals surface area contributed by atoms with Gasteiger partial charge in [0.1, 0.15) is 23.9 Å². The molecule has 2 aromatic rings. The molecule has 0 aromatic heterocycles. The van der Waals surface area contributed by atoms with E-state index in [1.807, 2.05) is 0 Å². The molecule has 60 heavy (non-hydrogen) atoms. The Bertz CT molecular complexity index is 2180. The molecule has 7 rings (SSSR count). The summed E-state index contributed by atoms with van der Waals surface area (Å²) in [5, 5.41) is 30.8. The summed E-state index contributed by atoms with van der Waals surface area (Å²) in [6.45, 7) is 12.2. The summed E-state index contributed by atoms with van der Waals surface area (Å²) >= 11 is 0. The Balaban J connectivity index is 1.37. The van der Waals surface area contributed by atoms with Gasteiger partial charge in [0.15, 0.2) is 23.6 Å². The number of esters is 4. The van der Waals surface area contributed by atoms with E-state index < -0.39 is 112 Å². The van der Waals surface area contributed by atoms with E-state index in [9.17, 15) is 34.2 Å². The molecule has 15 nitrogen and oxygen atoms in total. The lowest BCUT2D eigenvalue weighted by molar-refractivity contribution is -0.301. The number of amides is 2. The first kappa shape index (κ1) is 42.7. The normalized spacial score (nSPS) is 32.0. The van der Waals surface area contributed by atoms with Crippen molar-refractivity contribution < 1.29 is 62.7 Å². The Morgan fingerprint density at radius 2 is 1.55 bits per heavy atom. The van der Waals surface area contributed by atoms with E-state index in [-0.39, 0.29) is 29.7 Å². The molecular formula is C45H52N2O13. The molecule has 1 unspecified atom stereocenters. The first-order chi connectivity index (χ1) is 28.1. The number of aliphatic hydroxyl groups is 2. The number of nitrogens with one attached hydrogen (secondary N) is 2. The predicted octanol–water partition coefficient (Wildman–Crippen LogP) is 3.96. The van der Waals surface area contributed by atoms with Crippen LogP contribution in [0.2, 0.25) is 0 Å². The van der Waals surface area contributed by atoms with Crippen LogP contribution in [0.4, 0.5) is 4.79 Å². The first-order valence-electron chi connectivity index (χ1n) is 20.0. The molecule has 2 amide bonds. The molecule has 2 saturated carbocycles. The van der Waals surface area contributed by atoms with E-state index in [1.165, 1.54) is 19.1 Å². The van der Waals surface area contributed by atoms with Crippen molar-refractivity contribution in [3.8, 4) is 0 Å². The monoisotopic (exact) mass is 828 g/mol. The molecule has 10 atom stereocenters. The number of urea groups is 1. The zero-order valence-corrected chi connectivity index (χ0v) is 34.9. The van der Waals surface area contributed by atoms with Crippen molar-refractivity contribution in [2.24, 2.45) is 16.7 Å². The van der Waals surface area contributed by atoms with Gasteiger partial charge in [-0.1, -0.05) is 74.0 Å². The minimum Gasteiger partial charge on any atom is -0.456 e. The van der Waals surface area contributed by atoms with Gasteiger partial charge in [-0.2, -0.15) is 0 Å². The summed E-state index contributed by atoms with van der Waals surface area (Å²) in [7, 11) is 0. The minimum absolute atomic E-state index is 0.111. The molecule has 0 radical (unpaired) electrons. The fourth-order valence-electron chi connectivity index (χ4n) is 9.94. The number of fused-ring (bicyclic) bond motifs is 4. The van der Waals surface area contributed by atoms with Crippen LogP contribution < -0.4 is 10.6 Å². The second-order valence-electron chi connectivity index (χ2n) is 18.1. The Morgan fingerprint density at radius 1 is 0.917 bits per heavy atom. The van der Waals surface area contributed by atoms with Gasteiger partial charge in [0, 0.05) is 31.2 Å². The van der Waals surface area contributed by atoms with Crippen molar-refractivity contribution in [1.29, 1.82) is 0 Å². The highest BCUT2D eigenvalue weighted by molar-refractivity contribution is 6.01. The number of Topliss-reactive ketones (excluding diaryl/α,β-unsaturated/α-hetero) is 1. The predicted molar refractivity (Wildman–Crippen MR) is 212 cm³/mol. The summed E-state index contributed by atoms with van der Waals surface area (Å²) in [6.07, 6.45) is -6.21. The van der Waals surface area contributed by atoms with Crippen LogP contribution in [-0.2, 0) is 42.9 Å². The molecule has 1 heterocycles. The Hall–Kier alpha value is -5.38. The number of hydrogen-bond donors (Lipinski definition) is 4. The highest BCUT2D eigenvalue weighted by Gasteiger charge is 2.82. The van der Waals surface area contributed by atoms with E-state index in [2.05, 4.69) is 10.6 Å². The highest BCUT2D eigenvalue weighted by Crippen LogP contribution is 2.72. The number of aliphatic hydroxyl groups excluding tert-OH is 1. The van der Waals surface area contributed by atoms with E-state index in [0.717, 1.165) is 6.92 Å². The third-order valence-corrected chi connectivity index (χ3v) is 12.8. The zero-order chi connectivity index (χ0) is 43.7. The molecule has 1 spiro atoms. The van der Waals surface area contributed by atoms with Crippen LogP contribution in [0, 0.1) is 16.7 Å². The third-order valence-electron chi connectivity index (χ3n) is 12.8. The maximum atomic E-state index is 15.4. The van der Waals surface area contributed by atoms with E-state index >= 15 is 4.79 Å².